The van der Waals surface area contributed by atoms with Crippen LogP contribution in [0.1, 0.15) is 5.56 Å². The van der Waals surface area contributed by atoms with Crippen molar-refractivity contribution >= 4 is 5.69 Å². The van der Waals surface area contributed by atoms with E-state index in [1.807, 2.05) is 49.4 Å². The van der Waals surface area contributed by atoms with Crippen LogP contribution in [0.2, 0.25) is 0 Å². The van der Waals surface area contributed by atoms with Gasteiger partial charge in [-0.3, -0.25) is 0 Å². The minimum atomic E-state index is 0.688. The van der Waals surface area contributed by atoms with E-state index in [1.165, 1.54) is 0 Å². The predicted molar refractivity (Wildman–Crippen MR) is 68.7 cm³/mol. The number of nitrogens with two attached hydrogens (primary N) is 1. The van der Waals surface area contributed by atoms with E-state index in [-0.39, 0.29) is 0 Å². The van der Waals surface area contributed by atoms with E-state index < -0.39 is 0 Å². The Bertz CT molecular complexity index is 523. The van der Waals surface area contributed by atoms with E-state index in [2.05, 4.69) is 0 Å². The van der Waals surface area contributed by atoms with E-state index >= 15 is 0 Å². The monoisotopic (exact) mass is 229 g/mol. The lowest BCUT2D eigenvalue weighted by atomic mass is 10.2. The summed E-state index contributed by atoms with van der Waals surface area (Å²) < 4.78 is 10.9. The molecule has 3 heteroatoms. The molecule has 0 unspecified atom stereocenters. The first kappa shape index (κ1) is 11.3. The van der Waals surface area contributed by atoms with Gasteiger partial charge in [0.2, 0.25) is 0 Å². The van der Waals surface area contributed by atoms with Gasteiger partial charge in [-0.15, -0.1) is 0 Å². The molecule has 88 valence electrons. The maximum Gasteiger partial charge on any atom is 0.132 e. The molecule has 0 saturated carbocycles. The van der Waals surface area contributed by atoms with E-state index in [0.717, 1.165) is 22.8 Å². The topological polar surface area (TPSA) is 44.5 Å². The van der Waals surface area contributed by atoms with E-state index in [1.54, 1.807) is 7.11 Å². The van der Waals surface area contributed by atoms with Crippen molar-refractivity contribution in [1.29, 1.82) is 0 Å². The van der Waals surface area contributed by atoms with Crippen molar-refractivity contribution in [2.45, 2.75) is 6.92 Å². The molecule has 0 aliphatic carbocycles. The van der Waals surface area contributed by atoms with Crippen molar-refractivity contribution < 1.29 is 9.47 Å². The number of hydrogen-bond acceptors (Lipinski definition) is 3. The van der Waals surface area contributed by atoms with Crippen molar-refractivity contribution in [3.63, 3.8) is 0 Å². The quantitative estimate of drug-likeness (QED) is 0.820. The fourth-order valence-electron chi connectivity index (χ4n) is 1.52. The lowest BCUT2D eigenvalue weighted by Crippen LogP contribution is -1.91. The number of methoxy groups -OCH3 is 1. The van der Waals surface area contributed by atoms with Crippen LogP contribution in [0.25, 0.3) is 0 Å². The van der Waals surface area contributed by atoms with E-state index in [4.69, 9.17) is 15.2 Å². The first-order valence-corrected chi connectivity index (χ1v) is 5.37. The average molecular weight is 229 g/mol. The summed E-state index contributed by atoms with van der Waals surface area (Å²) in [7, 11) is 1.63. The summed E-state index contributed by atoms with van der Waals surface area (Å²) in [5, 5.41) is 0. The molecule has 0 saturated heterocycles. The van der Waals surface area contributed by atoms with Crippen LogP contribution >= 0.6 is 0 Å². The lowest BCUT2D eigenvalue weighted by molar-refractivity contribution is 0.409. The highest BCUT2D eigenvalue weighted by atomic mass is 16.5. The van der Waals surface area contributed by atoms with E-state index in [9.17, 15) is 0 Å². The molecule has 2 rings (SSSR count). The maximum atomic E-state index is 5.77. The number of benzene rings is 2. The Morgan fingerprint density at radius 1 is 1.00 bits per heavy atom. The van der Waals surface area contributed by atoms with Crippen molar-refractivity contribution in [3.05, 3.63) is 48.0 Å². The zero-order valence-corrected chi connectivity index (χ0v) is 9.94. The molecule has 0 bridgehead atoms. The molecule has 0 amide bonds. The van der Waals surface area contributed by atoms with Gasteiger partial charge in [-0.2, -0.15) is 0 Å². The van der Waals surface area contributed by atoms with Crippen molar-refractivity contribution in [2.24, 2.45) is 0 Å². The molecule has 3 nitrogen and oxygen atoms in total. The highest BCUT2D eigenvalue weighted by molar-refractivity contribution is 5.49. The third-order valence-corrected chi connectivity index (χ3v) is 2.48. The highest BCUT2D eigenvalue weighted by Crippen LogP contribution is 2.28. The van der Waals surface area contributed by atoms with Gasteiger partial charge in [0, 0.05) is 17.8 Å². The van der Waals surface area contributed by atoms with Crippen molar-refractivity contribution in [3.8, 4) is 17.2 Å². The van der Waals surface area contributed by atoms with Crippen LogP contribution < -0.4 is 15.2 Å². The fourth-order valence-corrected chi connectivity index (χ4v) is 1.52. The Kier molecular flexibility index (Phi) is 3.19. The summed E-state index contributed by atoms with van der Waals surface area (Å²) in [6, 6.07) is 13.1. The molecule has 2 N–H and O–H groups in total. The molecular formula is C14H15NO2. The zero-order chi connectivity index (χ0) is 12.3. The molecule has 0 fully saturated rings. The number of anilines is 1. The Hall–Kier alpha value is -2.16. The Labute approximate surface area is 101 Å². The normalized spacial score (nSPS) is 10.0. The molecule has 17 heavy (non-hydrogen) atoms. The molecule has 0 atom stereocenters. The van der Waals surface area contributed by atoms with Gasteiger partial charge in [-0.05, 0) is 30.7 Å². The summed E-state index contributed by atoms with van der Waals surface area (Å²) in [6.45, 7) is 1.98. The van der Waals surface area contributed by atoms with Gasteiger partial charge in [0.25, 0.3) is 0 Å². The van der Waals surface area contributed by atoms with Crippen LogP contribution in [0.5, 0.6) is 17.2 Å². The molecule has 0 aromatic heterocycles. The van der Waals surface area contributed by atoms with Gasteiger partial charge in [0.05, 0.1) is 7.11 Å². The Balaban J connectivity index is 2.27. The van der Waals surface area contributed by atoms with Gasteiger partial charge in [0.15, 0.2) is 0 Å². The van der Waals surface area contributed by atoms with Gasteiger partial charge in [0.1, 0.15) is 17.2 Å². The second kappa shape index (κ2) is 4.78. The summed E-state index contributed by atoms with van der Waals surface area (Å²) >= 11 is 0. The Morgan fingerprint density at radius 2 is 1.76 bits per heavy atom. The van der Waals surface area contributed by atoms with Crippen LogP contribution in [0, 0.1) is 6.92 Å². The summed E-state index contributed by atoms with van der Waals surface area (Å²) in [4.78, 5) is 0. The van der Waals surface area contributed by atoms with Crippen LogP contribution in [-0.2, 0) is 0 Å². The summed E-state index contributed by atoms with van der Waals surface area (Å²) in [5.41, 5.74) is 7.46. The van der Waals surface area contributed by atoms with Crippen LogP contribution in [0.3, 0.4) is 0 Å². The lowest BCUT2D eigenvalue weighted by Gasteiger charge is -2.10. The van der Waals surface area contributed by atoms with Crippen LogP contribution in [0.15, 0.2) is 42.5 Å². The van der Waals surface area contributed by atoms with Crippen LogP contribution in [-0.4, -0.2) is 7.11 Å². The zero-order valence-electron chi connectivity index (χ0n) is 9.94. The highest BCUT2D eigenvalue weighted by Gasteiger charge is 2.03. The molecule has 0 heterocycles. The van der Waals surface area contributed by atoms with Gasteiger partial charge < -0.3 is 15.2 Å². The number of aryl methyl sites for hydroxylation is 1. The van der Waals surface area contributed by atoms with Gasteiger partial charge in [-0.25, -0.2) is 0 Å². The summed E-state index contributed by atoms with van der Waals surface area (Å²) in [5.74, 6) is 2.26. The third-order valence-electron chi connectivity index (χ3n) is 2.48. The fraction of sp³-hybridized carbons (Fsp3) is 0.143. The number of nitrogen functional groups attached to an aromatic ring is 1. The minimum absolute atomic E-state index is 0.688. The van der Waals surface area contributed by atoms with Gasteiger partial charge in [-0.1, -0.05) is 12.1 Å². The molecule has 2 aromatic rings. The molecule has 0 spiro atoms. The van der Waals surface area contributed by atoms with Gasteiger partial charge >= 0.3 is 0 Å². The molecular weight excluding hydrogens is 214 g/mol. The van der Waals surface area contributed by atoms with Crippen molar-refractivity contribution in [1.82, 2.24) is 0 Å². The molecule has 2 aromatic carbocycles. The molecule has 0 aliphatic rings. The number of hydrogen-bond donors (Lipinski definition) is 1. The Morgan fingerprint density at radius 3 is 2.53 bits per heavy atom. The molecule has 0 aliphatic heterocycles. The predicted octanol–water partition coefficient (Wildman–Crippen LogP) is 3.38. The second-order valence-corrected chi connectivity index (χ2v) is 3.81. The SMILES string of the molecule is COc1cccc(Oc2cc(N)ccc2C)c1. The van der Waals surface area contributed by atoms with Crippen molar-refractivity contribution in [2.75, 3.05) is 12.8 Å². The largest absolute Gasteiger partial charge is 0.497 e. The first-order chi connectivity index (χ1) is 8.19. The smallest absolute Gasteiger partial charge is 0.132 e. The minimum Gasteiger partial charge on any atom is -0.497 e. The molecule has 0 radical (unpaired) electrons. The first-order valence-electron chi connectivity index (χ1n) is 5.37. The van der Waals surface area contributed by atoms with Crippen LogP contribution in [0.4, 0.5) is 5.69 Å². The summed E-state index contributed by atoms with van der Waals surface area (Å²) in [6.07, 6.45) is 0. The van der Waals surface area contributed by atoms with E-state index in [0.29, 0.717) is 5.69 Å². The third kappa shape index (κ3) is 2.69. The number of rotatable bonds is 3. The standard InChI is InChI=1S/C14H15NO2/c1-10-6-7-11(15)8-14(10)17-13-5-3-4-12(9-13)16-2/h3-9H,15H2,1-2H3. The number of ether oxygens (including phenoxy) is 2. The second-order valence-electron chi connectivity index (χ2n) is 3.81. The maximum absolute atomic E-state index is 5.77. The average Bonchev–Trinajstić information content (AvgIpc) is 2.34.